The lowest BCUT2D eigenvalue weighted by atomic mass is 10.2. The van der Waals surface area contributed by atoms with Crippen molar-refractivity contribution in [2.75, 3.05) is 22.1 Å². The maximum absolute atomic E-state index is 12.6. The number of nitrogens with zero attached hydrogens (tertiary/aromatic N) is 1. The zero-order chi connectivity index (χ0) is 17.7. The van der Waals surface area contributed by atoms with Gasteiger partial charge in [0.2, 0.25) is 15.9 Å². The molecular formula is C17H20N2O3S2. The molecule has 0 aliphatic heterocycles. The minimum atomic E-state index is -3.60. The normalized spacial score (nSPS) is 12.5. The summed E-state index contributed by atoms with van der Waals surface area (Å²) in [5, 5.41) is 2.82. The highest BCUT2D eigenvalue weighted by Crippen LogP contribution is 2.26. The van der Waals surface area contributed by atoms with Gasteiger partial charge in [-0.05, 0) is 37.4 Å². The molecule has 0 aromatic heterocycles. The first-order valence-electron chi connectivity index (χ1n) is 7.33. The maximum atomic E-state index is 12.6. The molecule has 2 rings (SSSR count). The molecule has 1 atom stereocenters. The lowest BCUT2D eigenvalue weighted by Crippen LogP contribution is -2.45. The summed E-state index contributed by atoms with van der Waals surface area (Å²) in [6.45, 7) is 1.57. The SMILES string of the molecule is CSc1ccccc1NC(=O)[C@H](C)N(c1ccccc1)S(C)(=O)=O. The van der Waals surface area contributed by atoms with Crippen molar-refractivity contribution >= 4 is 39.1 Å². The first-order chi connectivity index (χ1) is 11.3. The average Bonchev–Trinajstić information content (AvgIpc) is 2.55. The predicted molar refractivity (Wildman–Crippen MR) is 100 cm³/mol. The highest BCUT2D eigenvalue weighted by Gasteiger charge is 2.29. The van der Waals surface area contributed by atoms with E-state index in [-0.39, 0.29) is 5.91 Å². The summed E-state index contributed by atoms with van der Waals surface area (Å²) in [7, 11) is -3.60. The number of carbonyl (C=O) groups is 1. The Hall–Kier alpha value is -1.99. The van der Waals surface area contributed by atoms with E-state index >= 15 is 0 Å². The minimum Gasteiger partial charge on any atom is -0.323 e. The third-order valence-electron chi connectivity index (χ3n) is 3.46. The Labute approximate surface area is 147 Å². The number of anilines is 2. The van der Waals surface area contributed by atoms with Crippen molar-refractivity contribution in [3.05, 3.63) is 54.6 Å². The Bertz CT molecular complexity index is 808. The van der Waals surface area contributed by atoms with E-state index in [1.807, 2.05) is 24.5 Å². The molecule has 0 unspecified atom stereocenters. The molecular weight excluding hydrogens is 344 g/mol. The highest BCUT2D eigenvalue weighted by molar-refractivity contribution is 7.98. The maximum Gasteiger partial charge on any atom is 0.248 e. The Kier molecular flexibility index (Phi) is 5.90. The first kappa shape index (κ1) is 18.4. The number of hydrogen-bond acceptors (Lipinski definition) is 4. The highest BCUT2D eigenvalue weighted by atomic mass is 32.2. The van der Waals surface area contributed by atoms with Crippen LogP contribution in [0.1, 0.15) is 6.92 Å². The van der Waals surface area contributed by atoms with E-state index in [0.29, 0.717) is 11.4 Å². The lowest BCUT2D eigenvalue weighted by molar-refractivity contribution is -0.116. The number of thioether (sulfide) groups is 1. The Morgan fingerprint density at radius 1 is 1.08 bits per heavy atom. The molecule has 0 saturated heterocycles. The summed E-state index contributed by atoms with van der Waals surface area (Å²) in [6.07, 6.45) is 3.01. The van der Waals surface area contributed by atoms with Crippen molar-refractivity contribution in [1.29, 1.82) is 0 Å². The predicted octanol–water partition coefficient (Wildman–Crippen LogP) is 3.20. The van der Waals surface area contributed by atoms with E-state index in [1.54, 1.807) is 43.3 Å². The Morgan fingerprint density at radius 2 is 1.67 bits per heavy atom. The van der Waals surface area contributed by atoms with Gasteiger partial charge in [0.15, 0.2) is 0 Å². The van der Waals surface area contributed by atoms with Crippen LogP contribution in [0, 0.1) is 0 Å². The summed E-state index contributed by atoms with van der Waals surface area (Å²) in [4.78, 5) is 13.5. The van der Waals surface area contributed by atoms with Gasteiger partial charge in [-0.25, -0.2) is 8.42 Å². The molecule has 2 aromatic rings. The van der Waals surface area contributed by atoms with E-state index in [2.05, 4.69) is 5.32 Å². The zero-order valence-electron chi connectivity index (χ0n) is 13.8. The molecule has 0 aliphatic rings. The molecule has 7 heteroatoms. The van der Waals surface area contributed by atoms with Gasteiger partial charge in [0, 0.05) is 4.90 Å². The largest absolute Gasteiger partial charge is 0.323 e. The number of amides is 1. The number of sulfonamides is 1. The fraction of sp³-hybridized carbons (Fsp3) is 0.235. The van der Waals surface area contributed by atoms with Gasteiger partial charge in [0.25, 0.3) is 0 Å². The van der Waals surface area contributed by atoms with Crippen LogP contribution >= 0.6 is 11.8 Å². The van der Waals surface area contributed by atoms with Crippen LogP contribution in [0.3, 0.4) is 0 Å². The third-order valence-corrected chi connectivity index (χ3v) is 5.50. The number of benzene rings is 2. The van der Waals surface area contributed by atoms with Gasteiger partial charge < -0.3 is 5.32 Å². The van der Waals surface area contributed by atoms with Crippen LogP contribution in [-0.2, 0) is 14.8 Å². The molecule has 0 heterocycles. The number of carbonyl (C=O) groups excluding carboxylic acids is 1. The summed E-state index contributed by atoms with van der Waals surface area (Å²) in [5.41, 5.74) is 1.13. The van der Waals surface area contributed by atoms with Crippen LogP contribution < -0.4 is 9.62 Å². The molecule has 128 valence electrons. The molecule has 0 bridgehead atoms. The lowest BCUT2D eigenvalue weighted by Gasteiger charge is -2.28. The monoisotopic (exact) mass is 364 g/mol. The van der Waals surface area contributed by atoms with E-state index in [9.17, 15) is 13.2 Å². The standard InChI is InChI=1S/C17H20N2O3S2/c1-13(17(20)18-15-11-7-8-12-16(15)23-2)19(24(3,21)22)14-9-5-4-6-10-14/h4-13H,1-3H3,(H,18,20)/t13-/m0/s1. The van der Waals surface area contributed by atoms with Crippen LogP contribution in [0.15, 0.2) is 59.5 Å². The van der Waals surface area contributed by atoms with Gasteiger partial charge in [-0.3, -0.25) is 9.10 Å². The van der Waals surface area contributed by atoms with Crippen LogP contribution in [0.5, 0.6) is 0 Å². The van der Waals surface area contributed by atoms with Crippen molar-refractivity contribution in [2.24, 2.45) is 0 Å². The van der Waals surface area contributed by atoms with Crippen LogP contribution in [0.25, 0.3) is 0 Å². The molecule has 0 spiro atoms. The number of rotatable bonds is 6. The minimum absolute atomic E-state index is 0.384. The van der Waals surface area contributed by atoms with Crippen molar-refractivity contribution in [1.82, 2.24) is 0 Å². The van der Waals surface area contributed by atoms with E-state index in [1.165, 1.54) is 11.8 Å². The number of nitrogens with one attached hydrogen (secondary N) is 1. The summed E-state index contributed by atoms with van der Waals surface area (Å²) in [5.74, 6) is -0.384. The smallest absolute Gasteiger partial charge is 0.248 e. The van der Waals surface area contributed by atoms with Gasteiger partial charge in [0.05, 0.1) is 17.6 Å². The average molecular weight is 364 g/mol. The molecule has 0 saturated carbocycles. The molecule has 0 fully saturated rings. The van der Waals surface area contributed by atoms with Gasteiger partial charge in [-0.15, -0.1) is 11.8 Å². The van der Waals surface area contributed by atoms with E-state index < -0.39 is 16.1 Å². The van der Waals surface area contributed by atoms with Gasteiger partial charge in [0.1, 0.15) is 6.04 Å². The fourth-order valence-electron chi connectivity index (χ4n) is 2.37. The van der Waals surface area contributed by atoms with Crippen molar-refractivity contribution in [3.63, 3.8) is 0 Å². The van der Waals surface area contributed by atoms with Crippen molar-refractivity contribution in [2.45, 2.75) is 17.9 Å². The topological polar surface area (TPSA) is 66.5 Å². The summed E-state index contributed by atoms with van der Waals surface area (Å²) < 4.78 is 25.5. The van der Waals surface area contributed by atoms with Gasteiger partial charge in [-0.2, -0.15) is 0 Å². The molecule has 5 nitrogen and oxygen atoms in total. The molecule has 0 aliphatic carbocycles. The molecule has 24 heavy (non-hydrogen) atoms. The fourth-order valence-corrected chi connectivity index (χ4v) is 4.10. The second-order valence-electron chi connectivity index (χ2n) is 5.26. The Balaban J connectivity index is 2.30. The quantitative estimate of drug-likeness (QED) is 0.800. The summed E-state index contributed by atoms with van der Waals surface area (Å²) >= 11 is 1.51. The van der Waals surface area contributed by atoms with Crippen LogP contribution in [0.4, 0.5) is 11.4 Å². The molecule has 2 aromatic carbocycles. The number of para-hydroxylation sites is 2. The second kappa shape index (κ2) is 7.72. The Morgan fingerprint density at radius 3 is 2.25 bits per heavy atom. The first-order valence-corrected chi connectivity index (χ1v) is 10.4. The molecule has 1 amide bonds. The summed E-state index contributed by atoms with van der Waals surface area (Å²) in [6, 6.07) is 15.1. The van der Waals surface area contributed by atoms with E-state index in [4.69, 9.17) is 0 Å². The number of hydrogen-bond donors (Lipinski definition) is 1. The van der Waals surface area contributed by atoms with E-state index in [0.717, 1.165) is 15.5 Å². The molecule has 1 N–H and O–H groups in total. The zero-order valence-corrected chi connectivity index (χ0v) is 15.4. The van der Waals surface area contributed by atoms with Crippen LogP contribution in [-0.4, -0.2) is 32.9 Å². The van der Waals surface area contributed by atoms with Gasteiger partial charge >= 0.3 is 0 Å². The van der Waals surface area contributed by atoms with Crippen LogP contribution in [0.2, 0.25) is 0 Å². The van der Waals surface area contributed by atoms with Gasteiger partial charge in [-0.1, -0.05) is 30.3 Å². The molecule has 0 radical (unpaired) electrons. The second-order valence-corrected chi connectivity index (χ2v) is 7.97. The van der Waals surface area contributed by atoms with Crippen molar-refractivity contribution < 1.29 is 13.2 Å². The van der Waals surface area contributed by atoms with Crippen molar-refractivity contribution in [3.8, 4) is 0 Å². The third kappa shape index (κ3) is 4.30.